The molecule has 0 amide bonds. The van der Waals surface area contributed by atoms with Crippen molar-refractivity contribution in [1.29, 1.82) is 0 Å². The molecule has 112 valence electrons. The average Bonchev–Trinajstić information content (AvgIpc) is 3.26. The van der Waals surface area contributed by atoms with Gasteiger partial charge in [0.25, 0.3) is 0 Å². The molecule has 0 N–H and O–H groups in total. The molecule has 1 saturated heterocycles. The molecule has 0 radical (unpaired) electrons. The van der Waals surface area contributed by atoms with Crippen molar-refractivity contribution in [3.8, 4) is 11.1 Å². The maximum Gasteiger partial charge on any atom is 0.238 e. The van der Waals surface area contributed by atoms with Crippen molar-refractivity contribution in [2.24, 2.45) is 4.52 Å². The summed E-state index contributed by atoms with van der Waals surface area (Å²) in [5.74, 6) is -0.294. The van der Waals surface area contributed by atoms with Crippen molar-refractivity contribution < 1.29 is 13.2 Å². The van der Waals surface area contributed by atoms with Crippen LogP contribution in [0.2, 0.25) is 0 Å². The van der Waals surface area contributed by atoms with E-state index in [0.717, 1.165) is 16.7 Å². The van der Waals surface area contributed by atoms with Crippen LogP contribution in [0.1, 0.15) is 11.7 Å². The van der Waals surface area contributed by atoms with Crippen LogP contribution >= 0.6 is 0 Å². The van der Waals surface area contributed by atoms with Gasteiger partial charge < -0.3 is 4.74 Å². The quantitative estimate of drug-likeness (QED) is 0.366. The highest BCUT2D eigenvalue weighted by molar-refractivity contribution is 7.90. The van der Waals surface area contributed by atoms with E-state index < -0.39 is 16.1 Å². The third kappa shape index (κ3) is 3.28. The van der Waals surface area contributed by atoms with Gasteiger partial charge in [-0.3, -0.25) is 0 Å². The standard InChI is InChI=1S/C15H13N3O3S/c16-17-18-22(19,20)10-14-15(21-14)13-8-4-7-12(9-13)11-5-2-1-3-6-11/h1-9,14-15H,10H2. The molecule has 1 fully saturated rings. The number of benzene rings is 2. The molecule has 0 saturated carbocycles. The largest absolute Gasteiger partial charge is 0.363 e. The number of ether oxygens (including phenoxy) is 1. The van der Waals surface area contributed by atoms with Crippen molar-refractivity contribution in [2.75, 3.05) is 5.75 Å². The Morgan fingerprint density at radius 3 is 2.55 bits per heavy atom. The Bertz CT molecular complexity index is 830. The summed E-state index contributed by atoms with van der Waals surface area (Å²) < 4.78 is 31.1. The number of sulfonamides is 1. The average molecular weight is 315 g/mol. The fraction of sp³-hybridized carbons (Fsp3) is 0.200. The second-order valence-electron chi connectivity index (χ2n) is 5.01. The second kappa shape index (κ2) is 5.81. The third-order valence-corrected chi connectivity index (χ3v) is 4.51. The zero-order valence-electron chi connectivity index (χ0n) is 11.5. The van der Waals surface area contributed by atoms with Gasteiger partial charge in [0.05, 0.1) is 5.75 Å². The van der Waals surface area contributed by atoms with E-state index in [1.54, 1.807) is 0 Å². The van der Waals surface area contributed by atoms with E-state index in [4.69, 9.17) is 10.3 Å². The zero-order valence-corrected chi connectivity index (χ0v) is 12.3. The number of rotatable bonds is 5. The van der Waals surface area contributed by atoms with Crippen LogP contribution in [0.3, 0.4) is 0 Å². The van der Waals surface area contributed by atoms with E-state index in [1.807, 2.05) is 54.6 Å². The SMILES string of the molecule is [N-]=[N+]=NS(=O)(=O)CC1OC1c1cccc(-c2ccccc2)c1. The molecule has 2 unspecified atom stereocenters. The van der Waals surface area contributed by atoms with Gasteiger partial charge in [-0.15, -0.1) is 0 Å². The number of hydrogen-bond donors (Lipinski definition) is 0. The molecule has 0 spiro atoms. The topological polar surface area (TPSA) is 95.4 Å². The molecule has 1 aliphatic rings. The lowest BCUT2D eigenvalue weighted by molar-refractivity contribution is 0.383. The first-order valence-electron chi connectivity index (χ1n) is 6.69. The van der Waals surface area contributed by atoms with Gasteiger partial charge in [-0.25, -0.2) is 8.42 Å². The molecule has 6 nitrogen and oxygen atoms in total. The summed E-state index contributed by atoms with van der Waals surface area (Å²) in [4.78, 5) is 2.32. The first kappa shape index (κ1) is 14.6. The molecule has 0 aliphatic carbocycles. The summed E-state index contributed by atoms with van der Waals surface area (Å²) in [5, 5.41) is 0. The molecule has 0 bridgehead atoms. The van der Waals surface area contributed by atoms with E-state index in [1.165, 1.54) is 0 Å². The number of hydrogen-bond acceptors (Lipinski definition) is 3. The van der Waals surface area contributed by atoms with Gasteiger partial charge in [-0.05, 0) is 28.3 Å². The minimum absolute atomic E-state index is 0.271. The van der Waals surface area contributed by atoms with Gasteiger partial charge in [0.1, 0.15) is 12.2 Å². The van der Waals surface area contributed by atoms with Gasteiger partial charge in [0.15, 0.2) is 0 Å². The first-order chi connectivity index (χ1) is 10.6. The van der Waals surface area contributed by atoms with Gasteiger partial charge in [-0.2, -0.15) is 0 Å². The summed E-state index contributed by atoms with van der Waals surface area (Å²) in [5.41, 5.74) is 11.3. The lowest BCUT2D eigenvalue weighted by Gasteiger charge is -2.03. The summed E-state index contributed by atoms with van der Waals surface area (Å²) in [7, 11) is -3.79. The Labute approximate surface area is 128 Å². The van der Waals surface area contributed by atoms with E-state index in [-0.39, 0.29) is 11.9 Å². The van der Waals surface area contributed by atoms with Gasteiger partial charge >= 0.3 is 0 Å². The number of azide groups is 1. The van der Waals surface area contributed by atoms with E-state index in [0.29, 0.717) is 0 Å². The van der Waals surface area contributed by atoms with Crippen LogP contribution in [0.15, 0.2) is 59.1 Å². The number of nitrogens with zero attached hydrogens (tertiary/aromatic N) is 3. The van der Waals surface area contributed by atoms with Crippen LogP contribution in [-0.2, 0) is 14.8 Å². The predicted octanol–water partition coefficient (Wildman–Crippen LogP) is 3.43. The summed E-state index contributed by atoms with van der Waals surface area (Å²) in [6.07, 6.45) is -0.728. The molecule has 3 rings (SSSR count). The van der Waals surface area contributed by atoms with Crippen LogP contribution in [0.25, 0.3) is 21.6 Å². The first-order valence-corrected chi connectivity index (χ1v) is 8.30. The fourth-order valence-electron chi connectivity index (χ4n) is 2.39. The Morgan fingerprint density at radius 1 is 1.09 bits per heavy atom. The predicted molar refractivity (Wildman–Crippen MR) is 82.4 cm³/mol. The third-order valence-electron chi connectivity index (χ3n) is 3.44. The molecule has 2 aromatic carbocycles. The highest BCUT2D eigenvalue weighted by Crippen LogP contribution is 2.40. The molecule has 22 heavy (non-hydrogen) atoms. The smallest absolute Gasteiger partial charge is 0.238 e. The van der Waals surface area contributed by atoms with Crippen molar-refractivity contribution in [3.63, 3.8) is 0 Å². The highest BCUT2D eigenvalue weighted by atomic mass is 32.2. The fourth-order valence-corrected chi connectivity index (χ4v) is 3.23. The maximum absolute atomic E-state index is 11.4. The van der Waals surface area contributed by atoms with Gasteiger partial charge in [-0.1, -0.05) is 48.5 Å². The van der Waals surface area contributed by atoms with Gasteiger partial charge in [0.2, 0.25) is 10.0 Å². The lowest BCUT2D eigenvalue weighted by atomic mass is 10.0. The minimum Gasteiger partial charge on any atom is -0.363 e. The van der Waals surface area contributed by atoms with Gasteiger partial charge in [0, 0.05) is 9.43 Å². The van der Waals surface area contributed by atoms with Crippen molar-refractivity contribution >= 4 is 10.0 Å². The molecule has 1 aliphatic heterocycles. The maximum atomic E-state index is 11.4. The normalized spacial score (nSPS) is 20.2. The Balaban J connectivity index is 1.77. The molecule has 7 heteroatoms. The molecule has 0 aromatic heterocycles. The Hall–Kier alpha value is -2.34. The summed E-state index contributed by atoms with van der Waals surface area (Å²) in [6.45, 7) is 0. The molecule has 2 aromatic rings. The highest BCUT2D eigenvalue weighted by Gasteiger charge is 2.43. The van der Waals surface area contributed by atoms with Crippen LogP contribution in [0.5, 0.6) is 0 Å². The second-order valence-corrected chi connectivity index (χ2v) is 6.67. The van der Waals surface area contributed by atoms with E-state index in [9.17, 15) is 8.42 Å². The summed E-state index contributed by atoms with van der Waals surface area (Å²) >= 11 is 0. The van der Waals surface area contributed by atoms with Crippen LogP contribution in [0.4, 0.5) is 0 Å². The minimum atomic E-state index is -3.79. The lowest BCUT2D eigenvalue weighted by Crippen LogP contribution is -2.08. The monoisotopic (exact) mass is 315 g/mol. The van der Waals surface area contributed by atoms with Crippen molar-refractivity contribution in [3.05, 3.63) is 70.6 Å². The number of epoxide rings is 1. The Kier molecular flexibility index (Phi) is 3.85. The molecule has 2 atom stereocenters. The Morgan fingerprint density at radius 2 is 1.82 bits per heavy atom. The van der Waals surface area contributed by atoms with E-state index >= 15 is 0 Å². The summed E-state index contributed by atoms with van der Waals surface area (Å²) in [6, 6.07) is 17.7. The van der Waals surface area contributed by atoms with E-state index in [2.05, 4.69) is 9.43 Å². The van der Waals surface area contributed by atoms with Crippen LogP contribution in [-0.4, -0.2) is 20.3 Å². The molecular formula is C15H13N3O3S. The van der Waals surface area contributed by atoms with Crippen LogP contribution < -0.4 is 0 Å². The zero-order chi connectivity index (χ0) is 15.6. The molecular weight excluding hydrogens is 302 g/mol. The van der Waals surface area contributed by atoms with Crippen molar-refractivity contribution in [1.82, 2.24) is 0 Å². The van der Waals surface area contributed by atoms with Crippen molar-refractivity contribution in [2.45, 2.75) is 12.2 Å². The van der Waals surface area contributed by atoms with Crippen LogP contribution in [0, 0.1) is 0 Å². The molecule has 1 heterocycles.